The van der Waals surface area contributed by atoms with Gasteiger partial charge in [0.25, 0.3) is 0 Å². The Labute approximate surface area is 98.8 Å². The van der Waals surface area contributed by atoms with E-state index in [1.165, 1.54) is 0 Å². The molecule has 0 spiro atoms. The van der Waals surface area contributed by atoms with E-state index in [2.05, 4.69) is 4.98 Å². The van der Waals surface area contributed by atoms with Crippen molar-refractivity contribution in [2.24, 2.45) is 0 Å². The summed E-state index contributed by atoms with van der Waals surface area (Å²) in [5, 5.41) is 10.0. The molecule has 0 radical (unpaired) electrons. The van der Waals surface area contributed by atoms with Gasteiger partial charge in [0.15, 0.2) is 5.92 Å². The van der Waals surface area contributed by atoms with Gasteiger partial charge in [-0.05, 0) is 24.4 Å². The van der Waals surface area contributed by atoms with E-state index in [0.29, 0.717) is 5.69 Å². The molecule has 0 aliphatic rings. The summed E-state index contributed by atoms with van der Waals surface area (Å²) in [6.45, 7) is 1.99. The molecule has 1 unspecified atom stereocenters. The Balaban J connectivity index is 2.37. The molecule has 0 fully saturated rings. The van der Waals surface area contributed by atoms with Gasteiger partial charge in [0.2, 0.25) is 0 Å². The summed E-state index contributed by atoms with van der Waals surface area (Å²) < 4.78 is 4.86. The molecule has 0 aliphatic heterocycles. The number of carbonyl (C=O) groups is 1. The monoisotopic (exact) mass is 228 g/mol. The number of nitrogens with zero attached hydrogens (tertiary/aromatic N) is 1. The highest BCUT2D eigenvalue weighted by atomic mass is 16.5. The van der Waals surface area contributed by atoms with Crippen molar-refractivity contribution in [1.82, 2.24) is 4.98 Å². The number of aromatic nitrogens is 1. The molecule has 0 aliphatic carbocycles. The fraction of sp³-hybridized carbons (Fsp3) is 0.231. The molecule has 1 aromatic carbocycles. The number of rotatable bonds is 3. The molecule has 0 bridgehead atoms. The third-order valence-corrected chi connectivity index (χ3v) is 2.51. The maximum Gasteiger partial charge on any atom is 0.329 e. The van der Waals surface area contributed by atoms with Gasteiger partial charge in [-0.2, -0.15) is 5.26 Å². The van der Waals surface area contributed by atoms with Crippen LogP contribution in [0, 0.1) is 11.3 Å². The Bertz CT molecular complexity index is 547. The second-order valence-corrected chi connectivity index (χ2v) is 3.63. The van der Waals surface area contributed by atoms with Crippen molar-refractivity contribution < 1.29 is 9.53 Å². The Hall–Kier alpha value is -2.28. The molecular formula is C13H12N2O2. The minimum Gasteiger partial charge on any atom is -0.465 e. The van der Waals surface area contributed by atoms with Gasteiger partial charge in [-0.1, -0.05) is 18.2 Å². The summed E-state index contributed by atoms with van der Waals surface area (Å²) in [6, 6.07) is 11.4. The first kappa shape index (κ1) is 11.2. The van der Waals surface area contributed by atoms with Crippen molar-refractivity contribution in [2.45, 2.75) is 12.8 Å². The third-order valence-electron chi connectivity index (χ3n) is 2.51. The lowest BCUT2D eigenvalue weighted by atomic mass is 10.1. The summed E-state index contributed by atoms with van der Waals surface area (Å²) in [6.07, 6.45) is 0. The van der Waals surface area contributed by atoms with Crippen LogP contribution in [0.5, 0.6) is 0 Å². The van der Waals surface area contributed by atoms with Crippen molar-refractivity contribution in [1.29, 1.82) is 5.26 Å². The fourth-order valence-corrected chi connectivity index (χ4v) is 1.73. The number of H-pyrrole nitrogens is 1. The summed E-state index contributed by atoms with van der Waals surface area (Å²) in [7, 11) is 0. The molecule has 0 amide bonds. The standard InChI is InChI=1S/C13H12N2O2/c1-2-17-13(16)10(8-14)12-7-9-5-3-4-6-11(9)15-12/h3-7,10,15H,2H2,1H3. The molecule has 4 heteroatoms. The van der Waals surface area contributed by atoms with Gasteiger partial charge < -0.3 is 9.72 Å². The molecule has 1 atom stereocenters. The number of nitrogens with one attached hydrogen (secondary N) is 1. The van der Waals surface area contributed by atoms with Crippen LogP contribution in [0.3, 0.4) is 0 Å². The summed E-state index contributed by atoms with van der Waals surface area (Å²) in [4.78, 5) is 14.6. The van der Waals surface area contributed by atoms with Gasteiger partial charge in [-0.25, -0.2) is 0 Å². The molecule has 0 saturated carbocycles. The number of hydrogen-bond acceptors (Lipinski definition) is 3. The molecule has 2 aromatic rings. The lowest BCUT2D eigenvalue weighted by Crippen LogP contribution is -2.14. The van der Waals surface area contributed by atoms with Crippen molar-refractivity contribution >= 4 is 16.9 Å². The van der Waals surface area contributed by atoms with Crippen LogP contribution in [0.15, 0.2) is 30.3 Å². The number of aromatic amines is 1. The van der Waals surface area contributed by atoms with Crippen LogP contribution in [0.4, 0.5) is 0 Å². The quantitative estimate of drug-likeness (QED) is 0.820. The largest absolute Gasteiger partial charge is 0.465 e. The molecule has 0 saturated heterocycles. The number of hydrogen-bond donors (Lipinski definition) is 1. The predicted octanol–water partition coefficient (Wildman–Crippen LogP) is 2.34. The average molecular weight is 228 g/mol. The maximum absolute atomic E-state index is 11.6. The third kappa shape index (κ3) is 2.13. The number of ether oxygens (including phenoxy) is 1. The first-order valence-corrected chi connectivity index (χ1v) is 5.40. The number of nitriles is 1. The lowest BCUT2D eigenvalue weighted by molar-refractivity contribution is -0.143. The van der Waals surface area contributed by atoms with Crippen molar-refractivity contribution in [2.75, 3.05) is 6.61 Å². The SMILES string of the molecule is CCOC(=O)C(C#N)c1cc2ccccc2[nH]1. The van der Waals surface area contributed by atoms with Crippen LogP contribution in [0.2, 0.25) is 0 Å². The van der Waals surface area contributed by atoms with Crippen LogP contribution in [0.1, 0.15) is 18.5 Å². The molecule has 1 heterocycles. The number of fused-ring (bicyclic) bond motifs is 1. The Morgan fingerprint density at radius 2 is 2.29 bits per heavy atom. The average Bonchev–Trinajstić information content (AvgIpc) is 2.73. The number of esters is 1. The zero-order valence-corrected chi connectivity index (χ0v) is 9.43. The van der Waals surface area contributed by atoms with Gasteiger partial charge in [-0.3, -0.25) is 4.79 Å². The van der Waals surface area contributed by atoms with Gasteiger partial charge in [-0.15, -0.1) is 0 Å². The molecule has 4 nitrogen and oxygen atoms in total. The van der Waals surface area contributed by atoms with Crippen LogP contribution in [-0.2, 0) is 9.53 Å². The molecule has 1 N–H and O–H groups in total. The summed E-state index contributed by atoms with van der Waals surface area (Å²) in [5.74, 6) is -1.40. The minimum atomic E-state index is -0.887. The van der Waals surface area contributed by atoms with E-state index in [9.17, 15) is 4.79 Å². The molecule has 1 aromatic heterocycles. The highest BCUT2D eigenvalue weighted by Crippen LogP contribution is 2.21. The predicted molar refractivity (Wildman–Crippen MR) is 63.3 cm³/mol. The smallest absolute Gasteiger partial charge is 0.329 e. The topological polar surface area (TPSA) is 65.9 Å². The Kier molecular flexibility index (Phi) is 3.10. The lowest BCUT2D eigenvalue weighted by Gasteiger charge is -2.05. The van der Waals surface area contributed by atoms with E-state index in [0.717, 1.165) is 10.9 Å². The van der Waals surface area contributed by atoms with E-state index in [4.69, 9.17) is 10.00 Å². The molecule has 17 heavy (non-hydrogen) atoms. The van der Waals surface area contributed by atoms with Gasteiger partial charge in [0, 0.05) is 11.2 Å². The minimum absolute atomic E-state index is 0.275. The van der Waals surface area contributed by atoms with Crippen LogP contribution < -0.4 is 0 Å². The van der Waals surface area contributed by atoms with E-state index in [-0.39, 0.29) is 6.61 Å². The maximum atomic E-state index is 11.6. The fourth-order valence-electron chi connectivity index (χ4n) is 1.73. The second kappa shape index (κ2) is 4.71. The van der Waals surface area contributed by atoms with Crippen molar-refractivity contribution in [3.05, 3.63) is 36.0 Å². The van der Waals surface area contributed by atoms with Gasteiger partial charge in [0.1, 0.15) is 0 Å². The first-order valence-electron chi connectivity index (χ1n) is 5.40. The van der Waals surface area contributed by atoms with Crippen LogP contribution in [-0.4, -0.2) is 17.6 Å². The van der Waals surface area contributed by atoms with E-state index < -0.39 is 11.9 Å². The number of carbonyl (C=O) groups excluding carboxylic acids is 1. The van der Waals surface area contributed by atoms with E-state index in [1.807, 2.05) is 30.3 Å². The molecule has 86 valence electrons. The highest BCUT2D eigenvalue weighted by Gasteiger charge is 2.23. The van der Waals surface area contributed by atoms with Gasteiger partial charge in [0.05, 0.1) is 12.7 Å². The van der Waals surface area contributed by atoms with Crippen LogP contribution >= 0.6 is 0 Å². The second-order valence-electron chi connectivity index (χ2n) is 3.63. The van der Waals surface area contributed by atoms with Crippen molar-refractivity contribution in [3.63, 3.8) is 0 Å². The number of para-hydroxylation sites is 1. The summed E-state index contributed by atoms with van der Waals surface area (Å²) >= 11 is 0. The van der Waals surface area contributed by atoms with E-state index >= 15 is 0 Å². The molecular weight excluding hydrogens is 216 g/mol. The zero-order valence-electron chi connectivity index (χ0n) is 9.43. The zero-order chi connectivity index (χ0) is 12.3. The van der Waals surface area contributed by atoms with E-state index in [1.54, 1.807) is 13.0 Å². The normalized spacial score (nSPS) is 12.0. The van der Waals surface area contributed by atoms with Crippen molar-refractivity contribution in [3.8, 4) is 6.07 Å². The molecule has 2 rings (SSSR count). The van der Waals surface area contributed by atoms with Crippen LogP contribution in [0.25, 0.3) is 10.9 Å². The Morgan fingerprint density at radius 1 is 1.53 bits per heavy atom. The first-order chi connectivity index (χ1) is 8.26. The summed E-state index contributed by atoms with van der Waals surface area (Å²) in [5.41, 5.74) is 1.49. The number of benzene rings is 1. The Morgan fingerprint density at radius 3 is 2.94 bits per heavy atom. The highest BCUT2D eigenvalue weighted by molar-refractivity contribution is 5.86. The van der Waals surface area contributed by atoms with Gasteiger partial charge >= 0.3 is 5.97 Å².